The molecule has 0 spiro atoms. The van der Waals surface area contributed by atoms with Crippen molar-refractivity contribution < 1.29 is 9.50 Å². The Balaban J connectivity index is 2.23. The molecule has 0 fully saturated rings. The van der Waals surface area contributed by atoms with Gasteiger partial charge in [-0.05, 0) is 55.2 Å². The van der Waals surface area contributed by atoms with Crippen LogP contribution in [0.15, 0.2) is 43.0 Å². The second-order valence-corrected chi connectivity index (χ2v) is 5.76. The third-order valence-electron chi connectivity index (χ3n) is 3.90. The fourth-order valence-corrected chi connectivity index (χ4v) is 2.92. The molecule has 0 radical (unpaired) electrons. The Hall–Kier alpha value is -2.46. The van der Waals surface area contributed by atoms with Gasteiger partial charge in [-0.1, -0.05) is 18.2 Å². The highest BCUT2D eigenvalue weighted by molar-refractivity contribution is 5.83. The van der Waals surface area contributed by atoms with Gasteiger partial charge >= 0.3 is 0 Å². The minimum Gasteiger partial charge on any atom is -0.389 e. The summed E-state index contributed by atoms with van der Waals surface area (Å²) in [5, 5.41) is 10.0. The van der Waals surface area contributed by atoms with E-state index in [1.165, 1.54) is 6.07 Å². The summed E-state index contributed by atoms with van der Waals surface area (Å²) in [7, 11) is 0. The first-order chi connectivity index (χ1) is 11.0. The number of nitrogens with zero attached hydrogens (tertiary/aromatic N) is 1. The van der Waals surface area contributed by atoms with Crippen LogP contribution in [0.1, 0.15) is 30.0 Å². The van der Waals surface area contributed by atoms with E-state index in [9.17, 15) is 9.50 Å². The quantitative estimate of drug-likeness (QED) is 0.699. The van der Waals surface area contributed by atoms with Gasteiger partial charge in [0.05, 0.1) is 17.1 Å². The number of nitrogens with one attached hydrogen (secondary N) is 1. The Morgan fingerprint density at radius 3 is 2.83 bits per heavy atom. The van der Waals surface area contributed by atoms with Gasteiger partial charge in [-0.15, -0.1) is 6.58 Å². The number of hydrogen-bond acceptors (Lipinski definition) is 2. The van der Waals surface area contributed by atoms with Gasteiger partial charge in [0.2, 0.25) is 0 Å². The maximum Gasteiger partial charge on any atom is 0.129 e. The molecule has 23 heavy (non-hydrogen) atoms. The molecule has 0 saturated heterocycles. The van der Waals surface area contributed by atoms with E-state index in [1.54, 1.807) is 13.0 Å². The van der Waals surface area contributed by atoms with Crippen LogP contribution in [0, 0.1) is 12.7 Å². The molecule has 0 aliphatic heterocycles. The first kappa shape index (κ1) is 15.4. The van der Waals surface area contributed by atoms with E-state index in [1.807, 2.05) is 31.2 Å². The second-order valence-electron chi connectivity index (χ2n) is 5.76. The third-order valence-corrected chi connectivity index (χ3v) is 3.90. The maximum absolute atomic E-state index is 14.5. The van der Waals surface area contributed by atoms with E-state index < -0.39 is 11.9 Å². The second kappa shape index (κ2) is 5.97. The molecule has 1 heterocycles. The van der Waals surface area contributed by atoms with Gasteiger partial charge in [-0.2, -0.15) is 0 Å². The van der Waals surface area contributed by atoms with Crippen LogP contribution in [-0.2, 0) is 6.42 Å². The summed E-state index contributed by atoms with van der Waals surface area (Å²) in [5.41, 5.74) is 4.43. The predicted octanol–water partition coefficient (Wildman–Crippen LogP) is 4.46. The molecule has 0 amide bonds. The minimum atomic E-state index is -0.889. The van der Waals surface area contributed by atoms with Crippen molar-refractivity contribution in [2.75, 3.05) is 0 Å². The number of aliphatic hydroxyl groups is 1. The highest BCUT2D eigenvalue weighted by Gasteiger charge is 2.17. The van der Waals surface area contributed by atoms with Gasteiger partial charge in [0.1, 0.15) is 11.6 Å². The normalized spacial score (nSPS) is 12.5. The van der Waals surface area contributed by atoms with Gasteiger partial charge in [0.25, 0.3) is 0 Å². The van der Waals surface area contributed by atoms with Gasteiger partial charge < -0.3 is 10.1 Å². The number of aryl methyl sites for hydroxylation is 1. The zero-order valence-electron chi connectivity index (χ0n) is 13.2. The average molecular weight is 310 g/mol. The standard InChI is InChI=1S/C19H19FN2O/c1-4-5-13-8-15(19(11(2)23)16(20)9-13)14-6-7-17-18(10-14)22-12(3)21-17/h4,6-11,23H,1,5H2,2-3H3,(H,21,22). The molecule has 1 aromatic heterocycles. The van der Waals surface area contributed by atoms with Crippen molar-refractivity contribution >= 4 is 11.0 Å². The molecular weight excluding hydrogens is 291 g/mol. The molecular formula is C19H19FN2O. The van der Waals surface area contributed by atoms with Crippen LogP contribution in [0.4, 0.5) is 4.39 Å². The van der Waals surface area contributed by atoms with Crippen molar-refractivity contribution in [2.45, 2.75) is 26.4 Å². The van der Waals surface area contributed by atoms with Crippen molar-refractivity contribution in [2.24, 2.45) is 0 Å². The lowest BCUT2D eigenvalue weighted by atomic mass is 9.93. The van der Waals surface area contributed by atoms with Crippen LogP contribution in [0.5, 0.6) is 0 Å². The number of rotatable bonds is 4. The Bertz CT molecular complexity index is 880. The summed E-state index contributed by atoms with van der Waals surface area (Å²) in [6.07, 6.45) is 1.42. The highest BCUT2D eigenvalue weighted by Crippen LogP contribution is 2.33. The number of H-pyrrole nitrogens is 1. The monoisotopic (exact) mass is 310 g/mol. The average Bonchev–Trinajstić information content (AvgIpc) is 2.85. The summed E-state index contributed by atoms with van der Waals surface area (Å²) in [6.45, 7) is 7.17. The number of aromatic nitrogens is 2. The van der Waals surface area contributed by atoms with Crippen molar-refractivity contribution in [3.63, 3.8) is 0 Å². The van der Waals surface area contributed by atoms with Crippen LogP contribution in [-0.4, -0.2) is 15.1 Å². The number of aliphatic hydroxyl groups excluding tert-OH is 1. The number of fused-ring (bicyclic) bond motifs is 1. The van der Waals surface area contributed by atoms with E-state index in [2.05, 4.69) is 16.5 Å². The Kier molecular flexibility index (Phi) is 4.01. The van der Waals surface area contributed by atoms with Gasteiger partial charge in [0, 0.05) is 5.56 Å². The van der Waals surface area contributed by atoms with Crippen LogP contribution < -0.4 is 0 Å². The molecule has 4 heteroatoms. The first-order valence-corrected chi connectivity index (χ1v) is 7.57. The Morgan fingerprint density at radius 2 is 2.13 bits per heavy atom. The Morgan fingerprint density at radius 1 is 1.35 bits per heavy atom. The molecule has 0 bridgehead atoms. The summed E-state index contributed by atoms with van der Waals surface area (Å²) < 4.78 is 14.5. The molecule has 1 atom stereocenters. The molecule has 3 rings (SSSR count). The van der Waals surface area contributed by atoms with Crippen molar-refractivity contribution in [3.8, 4) is 11.1 Å². The molecule has 0 saturated carbocycles. The molecule has 3 nitrogen and oxygen atoms in total. The van der Waals surface area contributed by atoms with E-state index in [0.29, 0.717) is 17.5 Å². The first-order valence-electron chi connectivity index (χ1n) is 7.57. The van der Waals surface area contributed by atoms with E-state index >= 15 is 0 Å². The largest absolute Gasteiger partial charge is 0.389 e. The van der Waals surface area contributed by atoms with E-state index in [-0.39, 0.29) is 0 Å². The zero-order chi connectivity index (χ0) is 16.6. The number of imidazole rings is 1. The molecule has 3 aromatic rings. The van der Waals surface area contributed by atoms with E-state index in [0.717, 1.165) is 28.0 Å². The SMILES string of the molecule is C=CCc1cc(F)c(C(C)O)c(-c2ccc3[nH]c(C)nc3c2)c1. The number of allylic oxidation sites excluding steroid dienone is 1. The fraction of sp³-hybridized carbons (Fsp3) is 0.211. The van der Waals surface area contributed by atoms with Gasteiger partial charge in [-0.25, -0.2) is 9.37 Å². The molecule has 1 unspecified atom stereocenters. The van der Waals surface area contributed by atoms with Crippen LogP contribution in [0.2, 0.25) is 0 Å². The summed E-state index contributed by atoms with van der Waals surface area (Å²) in [4.78, 5) is 7.60. The summed E-state index contributed by atoms with van der Waals surface area (Å²) >= 11 is 0. The molecule has 2 aromatic carbocycles. The topological polar surface area (TPSA) is 48.9 Å². The van der Waals surface area contributed by atoms with Crippen LogP contribution in [0.3, 0.4) is 0 Å². The lowest BCUT2D eigenvalue weighted by Crippen LogP contribution is -2.01. The summed E-state index contributed by atoms with van der Waals surface area (Å²) in [5.74, 6) is 0.437. The maximum atomic E-state index is 14.5. The fourth-order valence-electron chi connectivity index (χ4n) is 2.92. The predicted molar refractivity (Wildman–Crippen MR) is 90.8 cm³/mol. The van der Waals surface area contributed by atoms with Gasteiger partial charge in [0.15, 0.2) is 0 Å². The lowest BCUT2D eigenvalue weighted by Gasteiger charge is -2.15. The third kappa shape index (κ3) is 2.90. The number of hydrogen-bond donors (Lipinski definition) is 2. The molecule has 0 aliphatic carbocycles. The minimum absolute atomic E-state index is 0.310. The van der Waals surface area contributed by atoms with Crippen LogP contribution >= 0.6 is 0 Å². The van der Waals surface area contributed by atoms with Crippen molar-refractivity contribution in [1.29, 1.82) is 0 Å². The molecule has 2 N–H and O–H groups in total. The van der Waals surface area contributed by atoms with Crippen LogP contribution in [0.25, 0.3) is 22.2 Å². The summed E-state index contributed by atoms with van der Waals surface area (Å²) in [6, 6.07) is 9.13. The number of benzene rings is 2. The lowest BCUT2D eigenvalue weighted by molar-refractivity contribution is 0.195. The number of aromatic amines is 1. The van der Waals surface area contributed by atoms with Gasteiger partial charge in [-0.3, -0.25) is 0 Å². The van der Waals surface area contributed by atoms with E-state index in [4.69, 9.17) is 0 Å². The van der Waals surface area contributed by atoms with Crippen molar-refractivity contribution in [3.05, 3.63) is 65.8 Å². The smallest absolute Gasteiger partial charge is 0.129 e. The molecule has 118 valence electrons. The highest BCUT2D eigenvalue weighted by atomic mass is 19.1. The van der Waals surface area contributed by atoms with Crippen molar-refractivity contribution in [1.82, 2.24) is 9.97 Å². The zero-order valence-corrected chi connectivity index (χ0v) is 13.2. The number of halogens is 1. The Labute approximate surface area is 134 Å². The molecule has 0 aliphatic rings.